The first-order valence-corrected chi connectivity index (χ1v) is 18.7. The van der Waals surface area contributed by atoms with Crippen LogP contribution in [0, 0.1) is 0 Å². The zero-order chi connectivity index (χ0) is 40.3. The number of tetrazole rings is 1. The number of carbonyl (C=O) groups excluding carboxylic acids is 5. The van der Waals surface area contributed by atoms with Gasteiger partial charge in [0.15, 0.2) is 0 Å². The zero-order valence-electron chi connectivity index (χ0n) is 31.5. The number of hydrogen-bond acceptors (Lipinski definition) is 11. The van der Waals surface area contributed by atoms with Gasteiger partial charge in [0.1, 0.15) is 23.7 Å². The van der Waals surface area contributed by atoms with Gasteiger partial charge < -0.3 is 35.3 Å². The number of halogens is 1. The Labute approximate surface area is 332 Å². The lowest BCUT2D eigenvalue weighted by atomic mass is 10.0. The molecule has 296 valence electrons. The number of amides is 4. The number of nitrogens with zero attached hydrogens (tertiary/aromatic N) is 6. The fraction of sp³-hybridized carbons (Fsp3) is 0.333. The SMILES string of the molecule is CC(C)(C)OC(=O)c1cc2cc(NC(=O)[C@H](Cc3ccc(N4CCN(C5CCOC5)CC4=O)cc3)NC(=O)C(=O)Nc3cc(Cl)ccc3-n3cnnn3)ccc2[nH]1. The molecule has 4 N–H and O–H groups in total. The smallest absolute Gasteiger partial charge is 0.355 e. The predicted octanol–water partition coefficient (Wildman–Crippen LogP) is 3.49. The third-order valence-electron chi connectivity index (χ3n) is 9.50. The quantitative estimate of drug-likeness (QED) is 0.119. The number of aromatic nitrogens is 5. The van der Waals surface area contributed by atoms with Crippen LogP contribution < -0.4 is 20.9 Å². The number of hydrogen-bond donors (Lipinski definition) is 4. The highest BCUT2D eigenvalue weighted by molar-refractivity contribution is 6.40. The number of nitrogens with one attached hydrogen (secondary N) is 4. The monoisotopic (exact) mass is 796 g/mol. The number of aromatic amines is 1. The van der Waals surface area contributed by atoms with E-state index in [4.69, 9.17) is 21.1 Å². The summed E-state index contributed by atoms with van der Waals surface area (Å²) in [4.78, 5) is 73.5. The van der Waals surface area contributed by atoms with Crippen LogP contribution in [0.4, 0.5) is 17.1 Å². The summed E-state index contributed by atoms with van der Waals surface area (Å²) >= 11 is 6.20. The van der Waals surface area contributed by atoms with E-state index < -0.39 is 35.3 Å². The lowest BCUT2D eigenvalue weighted by Crippen LogP contribution is -2.54. The van der Waals surface area contributed by atoms with Crippen LogP contribution in [-0.2, 0) is 35.1 Å². The number of rotatable bonds is 10. The minimum absolute atomic E-state index is 0.00320. The fourth-order valence-electron chi connectivity index (χ4n) is 6.71. The lowest BCUT2D eigenvalue weighted by Gasteiger charge is -2.37. The van der Waals surface area contributed by atoms with Crippen molar-refractivity contribution in [2.24, 2.45) is 0 Å². The van der Waals surface area contributed by atoms with Gasteiger partial charge in [0, 0.05) is 59.5 Å². The van der Waals surface area contributed by atoms with Crippen LogP contribution in [0.3, 0.4) is 0 Å². The summed E-state index contributed by atoms with van der Waals surface area (Å²) in [6.45, 7) is 8.20. The van der Waals surface area contributed by atoms with Crippen molar-refractivity contribution in [2.45, 2.75) is 51.3 Å². The summed E-state index contributed by atoms with van der Waals surface area (Å²) in [6.07, 6.45) is 2.22. The highest BCUT2D eigenvalue weighted by atomic mass is 35.5. The molecule has 1 unspecified atom stereocenters. The van der Waals surface area contributed by atoms with E-state index >= 15 is 0 Å². The Morgan fingerprint density at radius 2 is 1.81 bits per heavy atom. The van der Waals surface area contributed by atoms with Gasteiger partial charge >= 0.3 is 17.8 Å². The van der Waals surface area contributed by atoms with Crippen LogP contribution in [-0.4, -0.2) is 110 Å². The van der Waals surface area contributed by atoms with Crippen molar-refractivity contribution in [3.8, 4) is 5.69 Å². The average Bonchev–Trinajstić information content (AvgIpc) is 3.97. The molecule has 2 saturated heterocycles. The summed E-state index contributed by atoms with van der Waals surface area (Å²) in [5, 5.41) is 19.9. The molecule has 0 saturated carbocycles. The first-order valence-electron chi connectivity index (χ1n) is 18.3. The van der Waals surface area contributed by atoms with E-state index in [1.807, 2.05) is 0 Å². The van der Waals surface area contributed by atoms with Gasteiger partial charge in [-0.2, -0.15) is 4.68 Å². The summed E-state index contributed by atoms with van der Waals surface area (Å²) < 4.78 is 12.3. The Morgan fingerprint density at radius 1 is 1.00 bits per heavy atom. The topological polar surface area (TPSA) is 206 Å². The first-order chi connectivity index (χ1) is 27.3. The van der Waals surface area contributed by atoms with Crippen molar-refractivity contribution in [3.05, 3.63) is 89.3 Å². The second kappa shape index (κ2) is 16.5. The van der Waals surface area contributed by atoms with E-state index in [2.05, 4.69) is 41.4 Å². The standard InChI is InChI=1S/C39H41ClN10O7/c1-39(2,3)57-38(55)32-18-24-17-26(7-10-29(24)43-32)42-35(52)31(45-37(54)36(53)44-30-19-25(40)6-11-33(30)50-22-41-46-47-50)16-23-4-8-27(9-5-23)49-14-13-48(20-34(49)51)28-12-15-56-21-28/h4-11,17-19,22,28,31,43H,12-16,20-21H2,1-3H3,(H,42,52)(H,44,53)(H,45,54)/t28?,31-/m0/s1. The van der Waals surface area contributed by atoms with Gasteiger partial charge in [0.25, 0.3) is 0 Å². The van der Waals surface area contributed by atoms with Crippen LogP contribution >= 0.6 is 11.6 Å². The lowest BCUT2D eigenvalue weighted by molar-refractivity contribution is -0.137. The van der Waals surface area contributed by atoms with Crippen molar-refractivity contribution in [3.63, 3.8) is 0 Å². The molecule has 2 aliphatic rings. The Balaban J connectivity index is 1.08. The summed E-state index contributed by atoms with van der Waals surface area (Å²) in [5.41, 5.74) is 2.46. The highest BCUT2D eigenvalue weighted by Gasteiger charge is 2.32. The van der Waals surface area contributed by atoms with Gasteiger partial charge in [-0.15, -0.1) is 5.10 Å². The summed E-state index contributed by atoms with van der Waals surface area (Å²) in [6, 6.07) is 17.4. The maximum absolute atomic E-state index is 13.9. The second-order valence-electron chi connectivity index (χ2n) is 14.8. The van der Waals surface area contributed by atoms with Gasteiger partial charge in [-0.3, -0.25) is 24.1 Å². The summed E-state index contributed by atoms with van der Waals surface area (Å²) in [7, 11) is 0. The first kappa shape index (κ1) is 39.1. The van der Waals surface area contributed by atoms with Crippen LogP contribution in [0.25, 0.3) is 16.6 Å². The molecule has 4 heterocycles. The van der Waals surface area contributed by atoms with Crippen LogP contribution in [0.2, 0.25) is 5.02 Å². The molecule has 0 radical (unpaired) electrons. The van der Waals surface area contributed by atoms with E-state index in [-0.39, 0.29) is 34.8 Å². The van der Waals surface area contributed by atoms with E-state index in [0.717, 1.165) is 13.0 Å². The van der Waals surface area contributed by atoms with Crippen molar-refractivity contribution < 1.29 is 33.4 Å². The van der Waals surface area contributed by atoms with Crippen molar-refractivity contribution in [1.82, 2.24) is 35.4 Å². The van der Waals surface area contributed by atoms with E-state index in [1.54, 1.807) is 86.3 Å². The van der Waals surface area contributed by atoms with E-state index in [1.165, 1.54) is 17.1 Å². The molecular formula is C39H41ClN10O7. The van der Waals surface area contributed by atoms with Gasteiger partial charge in [0.05, 0.1) is 24.5 Å². The van der Waals surface area contributed by atoms with Crippen molar-refractivity contribution in [2.75, 3.05) is 48.4 Å². The number of anilines is 3. The molecule has 3 aromatic carbocycles. The van der Waals surface area contributed by atoms with E-state index in [0.29, 0.717) is 59.8 Å². The van der Waals surface area contributed by atoms with Crippen LogP contribution in [0.1, 0.15) is 43.2 Å². The molecule has 17 nitrogen and oxygen atoms in total. The largest absolute Gasteiger partial charge is 0.455 e. The molecule has 0 spiro atoms. The second-order valence-corrected chi connectivity index (χ2v) is 15.2. The molecule has 18 heteroatoms. The number of carbonyl (C=O) groups is 5. The molecule has 4 amide bonds. The Hall–Kier alpha value is -6.17. The number of piperazine rings is 1. The molecular weight excluding hydrogens is 756 g/mol. The number of esters is 1. The van der Waals surface area contributed by atoms with Crippen LogP contribution in [0.15, 0.2) is 73.1 Å². The van der Waals surface area contributed by atoms with Gasteiger partial charge in [-0.1, -0.05) is 23.7 Å². The highest BCUT2D eigenvalue weighted by Crippen LogP contribution is 2.26. The van der Waals surface area contributed by atoms with Crippen molar-refractivity contribution >= 4 is 69.2 Å². The Kier molecular flexibility index (Phi) is 11.3. The zero-order valence-corrected chi connectivity index (χ0v) is 32.2. The average molecular weight is 797 g/mol. The maximum Gasteiger partial charge on any atom is 0.355 e. The third-order valence-corrected chi connectivity index (χ3v) is 9.73. The normalized spacial score (nSPS) is 16.7. The predicted molar refractivity (Wildman–Crippen MR) is 210 cm³/mol. The molecule has 0 bridgehead atoms. The van der Waals surface area contributed by atoms with Crippen LogP contribution in [0.5, 0.6) is 0 Å². The molecule has 2 aromatic heterocycles. The molecule has 0 aliphatic carbocycles. The van der Waals surface area contributed by atoms with Gasteiger partial charge in [-0.25, -0.2) is 4.79 Å². The molecule has 5 aromatic rings. The maximum atomic E-state index is 13.9. The molecule has 2 fully saturated rings. The third kappa shape index (κ3) is 9.45. The number of benzene rings is 3. The molecule has 7 rings (SSSR count). The van der Waals surface area contributed by atoms with Gasteiger partial charge in [0.2, 0.25) is 11.8 Å². The number of ether oxygens (including phenoxy) is 2. The molecule has 2 atom stereocenters. The molecule has 57 heavy (non-hydrogen) atoms. The molecule has 2 aliphatic heterocycles. The number of fused-ring (bicyclic) bond motifs is 1. The minimum Gasteiger partial charge on any atom is -0.455 e. The van der Waals surface area contributed by atoms with E-state index in [9.17, 15) is 24.0 Å². The van der Waals surface area contributed by atoms with Gasteiger partial charge in [-0.05, 0) is 97.8 Å². The fourth-order valence-corrected chi connectivity index (χ4v) is 6.88. The summed E-state index contributed by atoms with van der Waals surface area (Å²) in [5.74, 6) is -3.30. The minimum atomic E-state index is -1.23. The van der Waals surface area contributed by atoms with Crippen molar-refractivity contribution in [1.29, 1.82) is 0 Å². The Morgan fingerprint density at radius 3 is 2.51 bits per heavy atom. The number of H-pyrrole nitrogens is 1. The Bertz CT molecular complexity index is 2300.